The maximum absolute atomic E-state index is 12.3. The summed E-state index contributed by atoms with van der Waals surface area (Å²) in [6, 6.07) is 12.9. The summed E-state index contributed by atoms with van der Waals surface area (Å²) in [5.74, 6) is -0.00485. The van der Waals surface area contributed by atoms with Gasteiger partial charge >= 0.3 is 5.97 Å². The number of aliphatic carboxylic acids is 1. The molecule has 0 radical (unpaired) electrons. The van der Waals surface area contributed by atoms with Crippen LogP contribution in [0.2, 0.25) is 0 Å². The number of aryl methyl sites for hydroxylation is 4. The number of rotatable bonds is 14. The van der Waals surface area contributed by atoms with Crippen LogP contribution in [0, 0.1) is 19.8 Å². The Hall–Kier alpha value is -4.45. The van der Waals surface area contributed by atoms with Crippen LogP contribution in [-0.4, -0.2) is 87.9 Å². The van der Waals surface area contributed by atoms with Crippen molar-refractivity contribution >= 4 is 29.3 Å². The first-order chi connectivity index (χ1) is 24.1. The first-order valence-corrected chi connectivity index (χ1v) is 18.3. The molecule has 2 atom stereocenters. The van der Waals surface area contributed by atoms with Crippen molar-refractivity contribution in [2.24, 2.45) is 11.7 Å². The molecule has 2 fully saturated rings. The fraction of sp³-hybridized carbons (Fsp3) is 0.553. The Morgan fingerprint density at radius 1 is 1.04 bits per heavy atom. The molecule has 5 heterocycles. The molecule has 6 rings (SSSR count). The normalized spacial score (nSPS) is 18.8. The second kappa shape index (κ2) is 16.1. The molecular formula is C38H52N8O4. The summed E-state index contributed by atoms with van der Waals surface area (Å²) in [6.45, 7) is 9.10. The van der Waals surface area contributed by atoms with Crippen molar-refractivity contribution in [2.45, 2.75) is 90.0 Å². The Labute approximate surface area is 294 Å². The van der Waals surface area contributed by atoms with E-state index in [1.54, 1.807) is 0 Å². The van der Waals surface area contributed by atoms with Crippen molar-refractivity contribution < 1.29 is 19.5 Å². The van der Waals surface area contributed by atoms with E-state index in [-0.39, 0.29) is 37.1 Å². The van der Waals surface area contributed by atoms with Gasteiger partial charge in [-0.15, -0.1) is 0 Å². The summed E-state index contributed by atoms with van der Waals surface area (Å²) in [5, 5.41) is 21.3. The van der Waals surface area contributed by atoms with Crippen LogP contribution < -0.4 is 21.3 Å². The van der Waals surface area contributed by atoms with Crippen LogP contribution in [0.15, 0.2) is 36.4 Å². The highest BCUT2D eigenvalue weighted by Crippen LogP contribution is 2.33. The Bertz CT molecular complexity index is 1680. The molecule has 2 aromatic heterocycles. The van der Waals surface area contributed by atoms with E-state index in [0.29, 0.717) is 12.5 Å². The van der Waals surface area contributed by atoms with Crippen LogP contribution in [0.25, 0.3) is 5.69 Å². The van der Waals surface area contributed by atoms with Crippen LogP contribution in [0.3, 0.4) is 0 Å². The van der Waals surface area contributed by atoms with E-state index in [4.69, 9.17) is 15.8 Å². The van der Waals surface area contributed by atoms with Crippen LogP contribution in [0.4, 0.5) is 11.5 Å². The number of carboxylic acids is 1. The van der Waals surface area contributed by atoms with Crippen LogP contribution >= 0.6 is 0 Å². The number of hydrogen-bond donors (Lipinski definition) is 4. The first kappa shape index (κ1) is 35.4. The fourth-order valence-corrected chi connectivity index (χ4v) is 7.85. The molecule has 0 unspecified atom stereocenters. The lowest BCUT2D eigenvalue weighted by Crippen LogP contribution is -2.44. The zero-order valence-corrected chi connectivity index (χ0v) is 29.5. The van der Waals surface area contributed by atoms with Gasteiger partial charge in [-0.05, 0) is 113 Å². The Balaban J connectivity index is 1.15. The maximum Gasteiger partial charge on any atom is 0.304 e. The van der Waals surface area contributed by atoms with Gasteiger partial charge in [-0.3, -0.25) is 14.4 Å². The molecule has 3 aliphatic heterocycles. The highest BCUT2D eigenvalue weighted by molar-refractivity contribution is 5.83. The van der Waals surface area contributed by atoms with Gasteiger partial charge in [0.1, 0.15) is 5.82 Å². The number of nitrogens with one attached hydrogen (secondary N) is 2. The van der Waals surface area contributed by atoms with Crippen LogP contribution in [0.5, 0.6) is 0 Å². The molecule has 5 N–H and O–H groups in total. The Kier molecular flexibility index (Phi) is 11.4. The van der Waals surface area contributed by atoms with E-state index in [2.05, 4.69) is 50.8 Å². The highest BCUT2D eigenvalue weighted by atomic mass is 16.4. The van der Waals surface area contributed by atoms with E-state index in [1.807, 2.05) is 24.6 Å². The Morgan fingerprint density at radius 3 is 2.58 bits per heavy atom. The maximum atomic E-state index is 12.3. The molecule has 12 nitrogen and oxygen atoms in total. The molecule has 2 amide bonds. The van der Waals surface area contributed by atoms with Gasteiger partial charge in [0.15, 0.2) is 0 Å². The van der Waals surface area contributed by atoms with Crippen molar-refractivity contribution in [3.05, 3.63) is 64.6 Å². The molecule has 0 saturated carbocycles. The van der Waals surface area contributed by atoms with E-state index in [1.165, 1.54) is 5.56 Å². The molecule has 1 aromatic carbocycles. The summed E-state index contributed by atoms with van der Waals surface area (Å²) in [7, 11) is 0. The molecule has 0 spiro atoms. The van der Waals surface area contributed by atoms with Gasteiger partial charge in [-0.2, -0.15) is 5.10 Å². The third kappa shape index (κ3) is 9.21. The number of fused-ring (bicyclic) bond motifs is 1. The standard InChI is InChI=1S/C38H52N8O4/c1-25-18-26(2)46(43-25)34-20-29(19-33(22-34)45-16-12-32(13-17-45)41-36(48)10-9-35(39)47)30(21-37(49)50)24-44-15-11-27(23-44)5-7-31-8-6-28-4-3-14-40-38(28)42-31/h6,8,18-20,22,27,30,32H,3-5,7,9-17,21,23-24H2,1-2H3,(H2,39,47)(H,40,42)(H,41,48)(H,49,50)/t27-,30-/m1/s1. The van der Waals surface area contributed by atoms with Crippen LogP contribution in [-0.2, 0) is 27.2 Å². The number of primary amides is 1. The number of anilines is 2. The zero-order chi connectivity index (χ0) is 35.2. The summed E-state index contributed by atoms with van der Waals surface area (Å²) in [5.41, 5.74) is 12.6. The van der Waals surface area contributed by atoms with Gasteiger partial charge in [0, 0.05) is 74.6 Å². The van der Waals surface area contributed by atoms with Crippen molar-refractivity contribution in [3.8, 4) is 5.69 Å². The van der Waals surface area contributed by atoms with Crippen LogP contribution in [0.1, 0.15) is 85.5 Å². The average Bonchev–Trinajstić information content (AvgIpc) is 3.70. The second-order valence-corrected chi connectivity index (χ2v) is 14.5. The van der Waals surface area contributed by atoms with Gasteiger partial charge in [0.05, 0.1) is 17.8 Å². The number of aromatic nitrogens is 3. The van der Waals surface area contributed by atoms with Gasteiger partial charge in [-0.25, -0.2) is 9.67 Å². The molecule has 0 aliphatic carbocycles. The minimum Gasteiger partial charge on any atom is -0.481 e. The summed E-state index contributed by atoms with van der Waals surface area (Å²) < 4.78 is 1.95. The largest absolute Gasteiger partial charge is 0.481 e. The number of nitrogens with two attached hydrogens (primary N) is 1. The number of piperidine rings is 1. The Morgan fingerprint density at radius 2 is 1.84 bits per heavy atom. The average molecular weight is 685 g/mol. The monoisotopic (exact) mass is 684 g/mol. The molecule has 2 saturated heterocycles. The molecule has 268 valence electrons. The van der Waals surface area contributed by atoms with E-state index in [0.717, 1.165) is 118 Å². The van der Waals surface area contributed by atoms with Gasteiger partial charge < -0.3 is 31.3 Å². The molecule has 3 aliphatic rings. The van der Waals surface area contributed by atoms with Crippen molar-refractivity contribution in [3.63, 3.8) is 0 Å². The van der Waals surface area contributed by atoms with Gasteiger partial charge in [-0.1, -0.05) is 6.07 Å². The van der Waals surface area contributed by atoms with Crippen molar-refractivity contribution in [2.75, 3.05) is 49.5 Å². The smallest absolute Gasteiger partial charge is 0.304 e. The number of nitrogens with zero attached hydrogens (tertiary/aromatic N) is 5. The van der Waals surface area contributed by atoms with E-state index < -0.39 is 11.9 Å². The molecule has 3 aromatic rings. The second-order valence-electron chi connectivity index (χ2n) is 14.5. The summed E-state index contributed by atoms with van der Waals surface area (Å²) >= 11 is 0. The van der Waals surface area contributed by atoms with Crippen molar-refractivity contribution in [1.29, 1.82) is 0 Å². The minimum atomic E-state index is -0.802. The van der Waals surface area contributed by atoms with Gasteiger partial charge in [0.2, 0.25) is 11.8 Å². The lowest BCUT2D eigenvalue weighted by molar-refractivity contribution is -0.137. The fourth-order valence-electron chi connectivity index (χ4n) is 7.85. The number of carbonyl (C=O) groups is 3. The third-order valence-electron chi connectivity index (χ3n) is 10.5. The zero-order valence-electron chi connectivity index (χ0n) is 29.5. The number of hydrogen-bond acceptors (Lipinski definition) is 8. The molecule has 0 bridgehead atoms. The minimum absolute atomic E-state index is 0.0350. The predicted octanol–water partition coefficient (Wildman–Crippen LogP) is 4.11. The van der Waals surface area contributed by atoms with Crippen molar-refractivity contribution in [1.82, 2.24) is 25.0 Å². The number of pyridine rings is 1. The topological polar surface area (TPSA) is 159 Å². The lowest BCUT2D eigenvalue weighted by atomic mass is 9.93. The first-order valence-electron chi connectivity index (χ1n) is 18.3. The quantitative estimate of drug-likeness (QED) is 0.196. The number of benzene rings is 1. The summed E-state index contributed by atoms with van der Waals surface area (Å²) in [6.07, 6.45) is 7.13. The third-order valence-corrected chi connectivity index (χ3v) is 10.5. The number of carbonyl (C=O) groups excluding carboxylic acids is 2. The highest BCUT2D eigenvalue weighted by Gasteiger charge is 2.28. The van der Waals surface area contributed by atoms with E-state index in [9.17, 15) is 19.5 Å². The molecule has 12 heteroatoms. The lowest BCUT2D eigenvalue weighted by Gasteiger charge is -2.35. The SMILES string of the molecule is Cc1cc(C)n(-c2cc([C@H](CC(=O)O)CN3CC[C@@H](CCc4ccc5c(n4)NCCC5)C3)cc(N3CCC(NC(=O)CCC(N)=O)CC3)c2)n1. The van der Waals surface area contributed by atoms with E-state index >= 15 is 0 Å². The predicted molar refractivity (Wildman–Crippen MR) is 194 cm³/mol. The van der Waals surface area contributed by atoms with Gasteiger partial charge in [0.25, 0.3) is 0 Å². The summed E-state index contributed by atoms with van der Waals surface area (Å²) in [4.78, 5) is 45.4. The molecular weight excluding hydrogens is 632 g/mol. The number of carboxylic acid groups (broad SMARTS) is 1. The molecule has 50 heavy (non-hydrogen) atoms. The number of amides is 2. The number of likely N-dealkylation sites (tertiary alicyclic amines) is 1.